The standard InChI is InChI=1S/C14H15N3O2S/c15-10-12-3-1-5-14(9-12)20(18,19)8-7-17-6-2-4-13(17)11-16/h1-6,9H,7-8,11,16H2. The zero-order valence-corrected chi connectivity index (χ0v) is 11.7. The van der Waals surface area contributed by atoms with E-state index in [1.807, 2.05) is 29.0 Å². The average molecular weight is 289 g/mol. The maximum Gasteiger partial charge on any atom is 0.180 e. The number of aromatic nitrogens is 1. The average Bonchev–Trinajstić information content (AvgIpc) is 2.93. The summed E-state index contributed by atoms with van der Waals surface area (Å²) in [4.78, 5) is 0.179. The molecule has 0 amide bonds. The molecule has 0 saturated heterocycles. The molecule has 0 fully saturated rings. The fraction of sp³-hybridized carbons (Fsp3) is 0.214. The molecule has 2 aromatic rings. The number of sulfone groups is 1. The van der Waals surface area contributed by atoms with E-state index in [9.17, 15) is 8.42 Å². The van der Waals surface area contributed by atoms with Crippen molar-refractivity contribution in [2.24, 2.45) is 5.73 Å². The van der Waals surface area contributed by atoms with E-state index >= 15 is 0 Å². The molecule has 20 heavy (non-hydrogen) atoms. The van der Waals surface area contributed by atoms with Crippen LogP contribution in [-0.2, 0) is 22.9 Å². The minimum absolute atomic E-state index is 0.0242. The van der Waals surface area contributed by atoms with E-state index in [0.29, 0.717) is 18.7 Å². The van der Waals surface area contributed by atoms with Gasteiger partial charge in [-0.1, -0.05) is 6.07 Å². The molecule has 0 spiro atoms. The first-order valence-corrected chi connectivity index (χ1v) is 7.79. The highest BCUT2D eigenvalue weighted by atomic mass is 32.2. The third-order valence-corrected chi connectivity index (χ3v) is 4.75. The second kappa shape index (κ2) is 5.90. The molecule has 2 rings (SSSR count). The number of nitrogens with two attached hydrogens (primary N) is 1. The van der Waals surface area contributed by atoms with Crippen LogP contribution >= 0.6 is 0 Å². The van der Waals surface area contributed by atoms with Gasteiger partial charge in [0.1, 0.15) is 0 Å². The summed E-state index contributed by atoms with van der Waals surface area (Å²) in [6.45, 7) is 0.718. The van der Waals surface area contributed by atoms with Crippen molar-refractivity contribution < 1.29 is 8.42 Å². The van der Waals surface area contributed by atoms with E-state index in [4.69, 9.17) is 11.0 Å². The zero-order valence-electron chi connectivity index (χ0n) is 10.9. The fourth-order valence-electron chi connectivity index (χ4n) is 1.95. The SMILES string of the molecule is N#Cc1cccc(S(=O)(=O)CCn2cccc2CN)c1. The van der Waals surface area contributed by atoms with Gasteiger partial charge in [-0.25, -0.2) is 8.42 Å². The predicted molar refractivity (Wildman–Crippen MR) is 75.5 cm³/mol. The van der Waals surface area contributed by atoms with E-state index in [0.717, 1.165) is 5.69 Å². The molecule has 6 heteroatoms. The first kappa shape index (κ1) is 14.3. The minimum Gasteiger partial charge on any atom is -0.349 e. The van der Waals surface area contributed by atoms with Crippen molar-refractivity contribution in [1.29, 1.82) is 5.26 Å². The predicted octanol–water partition coefficient (Wildman–Crippen LogP) is 1.29. The summed E-state index contributed by atoms with van der Waals surface area (Å²) >= 11 is 0. The summed E-state index contributed by atoms with van der Waals surface area (Å²) < 4.78 is 26.3. The largest absolute Gasteiger partial charge is 0.349 e. The minimum atomic E-state index is -3.41. The van der Waals surface area contributed by atoms with Gasteiger partial charge < -0.3 is 10.3 Å². The van der Waals surface area contributed by atoms with E-state index in [1.54, 1.807) is 12.1 Å². The Labute approximate surface area is 118 Å². The first-order valence-electron chi connectivity index (χ1n) is 6.14. The Kier molecular flexibility index (Phi) is 4.23. The van der Waals surface area contributed by atoms with Crippen LogP contribution in [0, 0.1) is 11.3 Å². The summed E-state index contributed by atoms with van der Waals surface area (Å²) in [5, 5.41) is 8.81. The van der Waals surface area contributed by atoms with Crippen molar-refractivity contribution in [2.45, 2.75) is 18.0 Å². The van der Waals surface area contributed by atoms with Crippen molar-refractivity contribution in [3.63, 3.8) is 0 Å². The molecule has 0 unspecified atom stereocenters. The lowest BCUT2D eigenvalue weighted by atomic mass is 10.2. The number of hydrogen-bond donors (Lipinski definition) is 1. The van der Waals surface area contributed by atoms with Crippen LogP contribution in [0.1, 0.15) is 11.3 Å². The lowest BCUT2D eigenvalue weighted by Gasteiger charge is -2.09. The van der Waals surface area contributed by atoms with Crippen molar-refractivity contribution in [1.82, 2.24) is 4.57 Å². The Hall–Kier alpha value is -2.10. The molecule has 1 aromatic carbocycles. The van der Waals surface area contributed by atoms with Gasteiger partial charge in [0.15, 0.2) is 9.84 Å². The number of nitrogens with zero attached hydrogens (tertiary/aromatic N) is 2. The van der Waals surface area contributed by atoms with Crippen LogP contribution in [0.3, 0.4) is 0 Å². The number of nitriles is 1. The second-order valence-corrected chi connectivity index (χ2v) is 6.46. The van der Waals surface area contributed by atoms with Gasteiger partial charge in [-0.3, -0.25) is 0 Å². The molecular formula is C14H15N3O2S. The second-order valence-electron chi connectivity index (χ2n) is 4.36. The van der Waals surface area contributed by atoms with Crippen LogP contribution in [0.2, 0.25) is 0 Å². The van der Waals surface area contributed by atoms with E-state index < -0.39 is 9.84 Å². The highest BCUT2D eigenvalue weighted by Crippen LogP contribution is 2.14. The molecule has 0 aliphatic carbocycles. The van der Waals surface area contributed by atoms with Crippen LogP contribution in [0.5, 0.6) is 0 Å². The molecule has 2 N–H and O–H groups in total. The molecule has 0 saturated carbocycles. The molecule has 0 radical (unpaired) electrons. The molecule has 0 aliphatic heterocycles. The zero-order chi connectivity index (χ0) is 14.6. The quantitative estimate of drug-likeness (QED) is 0.898. The van der Waals surface area contributed by atoms with Gasteiger partial charge in [0.2, 0.25) is 0 Å². The van der Waals surface area contributed by atoms with Gasteiger partial charge >= 0.3 is 0 Å². The summed E-state index contributed by atoms with van der Waals surface area (Å²) in [5.41, 5.74) is 6.81. The topological polar surface area (TPSA) is 88.9 Å². The smallest absolute Gasteiger partial charge is 0.180 e. The van der Waals surface area contributed by atoms with Crippen LogP contribution in [0.15, 0.2) is 47.5 Å². The number of rotatable bonds is 5. The molecule has 104 valence electrons. The van der Waals surface area contributed by atoms with Gasteiger partial charge in [0.25, 0.3) is 0 Å². The lowest BCUT2D eigenvalue weighted by molar-refractivity contribution is 0.587. The highest BCUT2D eigenvalue weighted by molar-refractivity contribution is 7.91. The van der Waals surface area contributed by atoms with Crippen molar-refractivity contribution >= 4 is 9.84 Å². The van der Waals surface area contributed by atoms with Crippen LogP contribution in [-0.4, -0.2) is 18.7 Å². The Morgan fingerprint density at radius 2 is 2.05 bits per heavy atom. The monoisotopic (exact) mass is 289 g/mol. The van der Waals surface area contributed by atoms with Crippen molar-refractivity contribution in [3.05, 3.63) is 53.9 Å². The molecule has 1 heterocycles. The lowest BCUT2D eigenvalue weighted by Crippen LogP contribution is -2.15. The third kappa shape index (κ3) is 3.07. The van der Waals surface area contributed by atoms with Crippen LogP contribution in [0.25, 0.3) is 0 Å². The van der Waals surface area contributed by atoms with Crippen molar-refractivity contribution in [3.8, 4) is 6.07 Å². The van der Waals surface area contributed by atoms with Gasteiger partial charge in [0.05, 0.1) is 22.3 Å². The van der Waals surface area contributed by atoms with Gasteiger partial charge in [-0.15, -0.1) is 0 Å². The Balaban J connectivity index is 2.17. The number of benzene rings is 1. The Morgan fingerprint density at radius 3 is 2.75 bits per heavy atom. The molecule has 5 nitrogen and oxygen atoms in total. The number of hydrogen-bond acceptors (Lipinski definition) is 4. The summed E-state index contributed by atoms with van der Waals surface area (Å²) in [6.07, 6.45) is 1.81. The van der Waals surface area contributed by atoms with Gasteiger partial charge in [-0.05, 0) is 30.3 Å². The van der Waals surface area contributed by atoms with Crippen LogP contribution < -0.4 is 5.73 Å². The van der Waals surface area contributed by atoms with E-state index in [1.165, 1.54) is 12.1 Å². The van der Waals surface area contributed by atoms with Gasteiger partial charge in [-0.2, -0.15) is 5.26 Å². The third-order valence-electron chi connectivity index (χ3n) is 3.06. The maximum atomic E-state index is 12.2. The first-order chi connectivity index (χ1) is 9.56. The molecule has 0 bridgehead atoms. The summed E-state index contributed by atoms with van der Waals surface area (Å²) in [7, 11) is -3.41. The molecular weight excluding hydrogens is 274 g/mol. The molecule has 0 aliphatic rings. The normalized spacial score (nSPS) is 11.2. The fourth-order valence-corrected chi connectivity index (χ4v) is 3.21. The van der Waals surface area contributed by atoms with E-state index in [-0.39, 0.29) is 10.6 Å². The van der Waals surface area contributed by atoms with Gasteiger partial charge in [0, 0.05) is 25.0 Å². The summed E-state index contributed by atoms with van der Waals surface area (Å²) in [6, 6.07) is 11.7. The molecule has 0 atom stereocenters. The Bertz CT molecular complexity index is 742. The number of aryl methyl sites for hydroxylation is 1. The Morgan fingerprint density at radius 1 is 1.25 bits per heavy atom. The summed E-state index contributed by atoms with van der Waals surface area (Å²) in [5.74, 6) is -0.0242. The van der Waals surface area contributed by atoms with Crippen LogP contribution in [0.4, 0.5) is 0 Å². The maximum absolute atomic E-state index is 12.2. The van der Waals surface area contributed by atoms with Crippen molar-refractivity contribution in [2.75, 3.05) is 5.75 Å². The van der Waals surface area contributed by atoms with E-state index in [2.05, 4.69) is 0 Å². The highest BCUT2D eigenvalue weighted by Gasteiger charge is 2.15. The molecule has 1 aromatic heterocycles.